The third-order valence-corrected chi connectivity index (χ3v) is 14.8. The molecule has 0 bridgehead atoms. The van der Waals surface area contributed by atoms with Gasteiger partial charge in [0.2, 0.25) is 15.0 Å². The van der Waals surface area contributed by atoms with E-state index in [0.29, 0.717) is 58.6 Å². The quantitative estimate of drug-likeness (QED) is 0.128. The molecular formula is C42H50Cl2N8O8S2. The summed E-state index contributed by atoms with van der Waals surface area (Å²) in [5.74, 6) is 0.727. The molecule has 8 rings (SSSR count). The van der Waals surface area contributed by atoms with Crippen molar-refractivity contribution in [3.63, 3.8) is 0 Å². The maximum Gasteiger partial charge on any atom is 0.332 e. The Hall–Kier alpha value is -4.46. The maximum atomic E-state index is 13.4. The average Bonchev–Trinajstić information content (AvgIpc) is 4.08. The number of nitrogens with zero attached hydrogens (tertiary/aromatic N) is 8. The smallest absolute Gasteiger partial charge is 0.332 e. The molecule has 2 aromatic carbocycles. The van der Waals surface area contributed by atoms with Gasteiger partial charge >= 0.3 is 11.4 Å². The maximum absolute atomic E-state index is 13.4. The molecule has 2 aliphatic rings. The Morgan fingerprint density at radius 3 is 1.53 bits per heavy atom. The highest BCUT2D eigenvalue weighted by atomic mass is 35.5. The molecule has 4 heterocycles. The molecule has 0 atom stereocenters. The molecular weight excluding hydrogens is 880 g/mol. The lowest BCUT2D eigenvalue weighted by molar-refractivity contribution is 0.132. The van der Waals surface area contributed by atoms with E-state index in [2.05, 4.69) is 16.9 Å². The van der Waals surface area contributed by atoms with E-state index in [4.69, 9.17) is 23.2 Å². The molecule has 16 nitrogen and oxygen atoms in total. The van der Waals surface area contributed by atoms with E-state index >= 15 is 0 Å². The second kappa shape index (κ2) is 18.0. The summed E-state index contributed by atoms with van der Waals surface area (Å²) in [4.78, 5) is 61.4. The molecule has 0 unspecified atom stereocenters. The van der Waals surface area contributed by atoms with Crippen LogP contribution in [-0.4, -0.2) is 78.7 Å². The second-order valence-electron chi connectivity index (χ2n) is 16.3. The molecule has 6 aromatic rings. The highest BCUT2D eigenvalue weighted by Gasteiger charge is 2.41. The molecule has 0 amide bonds. The molecule has 2 fully saturated rings. The van der Waals surface area contributed by atoms with Gasteiger partial charge in [0.15, 0.2) is 27.5 Å². The van der Waals surface area contributed by atoms with E-state index in [1.54, 1.807) is 50.0 Å². The number of sulfone groups is 1. The average molecular weight is 930 g/mol. The first kappa shape index (κ1) is 45.6. The van der Waals surface area contributed by atoms with Crippen LogP contribution in [0.4, 0.5) is 0 Å². The van der Waals surface area contributed by atoms with Gasteiger partial charge < -0.3 is 19.3 Å². The number of halogens is 2. The number of imidazole rings is 2. The van der Waals surface area contributed by atoms with Crippen LogP contribution in [0, 0.1) is 0 Å². The van der Waals surface area contributed by atoms with Crippen molar-refractivity contribution < 1.29 is 18.6 Å². The van der Waals surface area contributed by atoms with Gasteiger partial charge in [-0.3, -0.25) is 27.9 Å². The lowest BCUT2D eigenvalue weighted by Crippen LogP contribution is -2.40. The molecule has 20 heteroatoms. The fourth-order valence-corrected chi connectivity index (χ4v) is 9.80. The molecule has 0 saturated heterocycles. The van der Waals surface area contributed by atoms with Crippen LogP contribution in [0.25, 0.3) is 22.3 Å². The first-order valence-corrected chi connectivity index (χ1v) is 24.0. The summed E-state index contributed by atoms with van der Waals surface area (Å²) >= 11 is 13.6. The van der Waals surface area contributed by atoms with Gasteiger partial charge in [-0.05, 0) is 86.8 Å². The van der Waals surface area contributed by atoms with Gasteiger partial charge in [-0.2, -0.15) is 4.98 Å². The number of benzene rings is 2. The van der Waals surface area contributed by atoms with Gasteiger partial charge in [-0.1, -0.05) is 73.1 Å². The van der Waals surface area contributed by atoms with Crippen molar-refractivity contribution >= 4 is 67.1 Å². The minimum Gasteiger partial charge on any atom is -0.390 e. The standard InChI is InChI=1S/C21H25ClN4O5S.C21H25ClN4O3S/c1-3-12-32(30,31)19-23-17-16(26(19)13-14-4-6-15(22)7-5-14)18(27)25(20(28)24(17)2)11-10-21(29)8-9-21;1-3-12-30-19-23-17-16(26(19)13-14-4-6-15(22)7-5-14)18(27)25(20(28)24(17)2)11-10-21(29)8-9-21/h4-7,29H,3,8-13H2,1-2H3;4-7,29H,3,8-13H2,1-2H3. The molecule has 2 saturated carbocycles. The third-order valence-electron chi connectivity index (χ3n) is 11.3. The molecule has 2 aliphatic carbocycles. The largest absolute Gasteiger partial charge is 0.390 e. The van der Waals surface area contributed by atoms with Crippen molar-refractivity contribution in [2.75, 3.05) is 11.5 Å². The van der Waals surface area contributed by atoms with Crippen LogP contribution >= 0.6 is 35.0 Å². The molecule has 0 spiro atoms. The number of rotatable bonds is 16. The summed E-state index contributed by atoms with van der Waals surface area (Å²) in [5.41, 5.74) is -0.963. The summed E-state index contributed by atoms with van der Waals surface area (Å²) in [5, 5.41) is 22.0. The summed E-state index contributed by atoms with van der Waals surface area (Å²) in [6.45, 7) is 4.60. The van der Waals surface area contributed by atoms with E-state index in [9.17, 15) is 37.8 Å². The van der Waals surface area contributed by atoms with Crippen molar-refractivity contribution in [3.8, 4) is 0 Å². The second-order valence-corrected chi connectivity index (χ2v) is 20.2. The van der Waals surface area contributed by atoms with Crippen molar-refractivity contribution in [3.05, 3.63) is 111 Å². The number of aryl methyl sites for hydroxylation is 2. The van der Waals surface area contributed by atoms with Crippen LogP contribution < -0.4 is 22.5 Å². The molecule has 332 valence electrons. The molecule has 62 heavy (non-hydrogen) atoms. The van der Waals surface area contributed by atoms with Gasteiger partial charge in [-0.25, -0.2) is 23.0 Å². The predicted octanol–water partition coefficient (Wildman–Crippen LogP) is 4.71. The number of aromatic nitrogens is 8. The van der Waals surface area contributed by atoms with E-state index in [1.165, 1.54) is 25.3 Å². The molecule has 4 aromatic heterocycles. The zero-order chi connectivity index (χ0) is 44.7. The summed E-state index contributed by atoms with van der Waals surface area (Å²) < 4.78 is 34.1. The van der Waals surface area contributed by atoms with E-state index in [0.717, 1.165) is 40.7 Å². The zero-order valence-electron chi connectivity index (χ0n) is 35.0. The van der Waals surface area contributed by atoms with Crippen LogP contribution in [0.15, 0.2) is 78.0 Å². The van der Waals surface area contributed by atoms with Crippen molar-refractivity contribution in [2.45, 2.75) is 113 Å². The normalized spacial score (nSPS) is 15.2. The summed E-state index contributed by atoms with van der Waals surface area (Å²) in [6, 6.07) is 14.3. The number of hydrogen-bond acceptors (Lipinski definition) is 11. The lowest BCUT2D eigenvalue weighted by atomic mass is 10.2. The minimum atomic E-state index is -3.79. The number of fused-ring (bicyclic) bond motifs is 2. The number of aliphatic hydroxyl groups is 2. The third kappa shape index (κ3) is 9.55. The topological polar surface area (TPSA) is 198 Å². The Labute approximate surface area is 371 Å². The van der Waals surface area contributed by atoms with Crippen LogP contribution in [0.2, 0.25) is 10.0 Å². The fraction of sp³-hybridized carbons (Fsp3) is 0.476. The van der Waals surface area contributed by atoms with Crippen molar-refractivity contribution in [1.82, 2.24) is 37.4 Å². The van der Waals surface area contributed by atoms with Gasteiger partial charge in [-0.15, -0.1) is 0 Å². The van der Waals surface area contributed by atoms with E-state index in [1.807, 2.05) is 28.8 Å². The SMILES string of the molecule is CCCS(=O)(=O)c1nc2c(c(=O)n(CCC3(O)CC3)c(=O)n2C)n1Cc1ccc(Cl)cc1.CCCSc1nc2c(c(=O)n(CCC3(O)CC3)c(=O)n2C)n1Cc1ccc(Cl)cc1. The van der Waals surface area contributed by atoms with Crippen LogP contribution in [0.1, 0.15) is 76.3 Å². The Balaban J connectivity index is 0.000000187. The highest BCUT2D eigenvalue weighted by Crippen LogP contribution is 2.39. The first-order valence-electron chi connectivity index (χ1n) is 20.6. The predicted molar refractivity (Wildman–Crippen MR) is 241 cm³/mol. The Kier molecular flexibility index (Phi) is 13.2. The number of hydrogen-bond donors (Lipinski definition) is 2. The molecule has 0 aliphatic heterocycles. The highest BCUT2D eigenvalue weighted by molar-refractivity contribution is 7.99. The zero-order valence-corrected chi connectivity index (χ0v) is 38.2. The summed E-state index contributed by atoms with van der Waals surface area (Å²) in [6.07, 6.45) is 4.74. The van der Waals surface area contributed by atoms with Gasteiger partial charge in [0.1, 0.15) is 0 Å². The van der Waals surface area contributed by atoms with Gasteiger partial charge in [0.05, 0.1) is 30.0 Å². The van der Waals surface area contributed by atoms with Gasteiger partial charge in [0, 0.05) is 43.0 Å². The molecule has 0 radical (unpaired) electrons. The van der Waals surface area contributed by atoms with Crippen LogP contribution in [0.3, 0.4) is 0 Å². The number of thioether (sulfide) groups is 1. The van der Waals surface area contributed by atoms with Crippen LogP contribution in [-0.2, 0) is 50.1 Å². The Bertz CT molecular complexity index is 3000. The summed E-state index contributed by atoms with van der Waals surface area (Å²) in [7, 11) is -0.694. The van der Waals surface area contributed by atoms with E-state index in [-0.39, 0.29) is 53.7 Å². The Morgan fingerprint density at radius 1 is 0.661 bits per heavy atom. The first-order chi connectivity index (χ1) is 29.4. The lowest BCUT2D eigenvalue weighted by Gasteiger charge is -2.12. The minimum absolute atomic E-state index is 0.0185. The van der Waals surface area contributed by atoms with Crippen molar-refractivity contribution in [1.29, 1.82) is 0 Å². The Morgan fingerprint density at radius 2 is 1.10 bits per heavy atom. The van der Waals surface area contributed by atoms with E-state index < -0.39 is 38.0 Å². The van der Waals surface area contributed by atoms with Crippen LogP contribution in [0.5, 0.6) is 0 Å². The van der Waals surface area contributed by atoms with Gasteiger partial charge in [0.25, 0.3) is 11.1 Å². The van der Waals surface area contributed by atoms with Crippen molar-refractivity contribution in [2.24, 2.45) is 14.1 Å². The fourth-order valence-electron chi connectivity index (χ4n) is 7.27. The molecule has 2 N–H and O–H groups in total. The monoisotopic (exact) mass is 928 g/mol.